The van der Waals surface area contributed by atoms with Gasteiger partial charge in [-0.25, -0.2) is 0 Å². The molecule has 8 heteroatoms. The van der Waals surface area contributed by atoms with Crippen LogP contribution in [0.3, 0.4) is 0 Å². The van der Waals surface area contributed by atoms with Gasteiger partial charge in [0.05, 0.1) is 11.4 Å². The predicted octanol–water partition coefficient (Wildman–Crippen LogP) is 2.67. The molecule has 2 aromatic heterocycles. The Hall–Kier alpha value is -3.00. The summed E-state index contributed by atoms with van der Waals surface area (Å²) in [6, 6.07) is 20.1. The van der Waals surface area contributed by atoms with E-state index < -0.39 is 0 Å². The fraction of sp³-hybridized carbons (Fsp3) is 0.167. The molecule has 130 valence electrons. The molecule has 0 fully saturated rings. The van der Waals surface area contributed by atoms with Crippen molar-refractivity contribution in [2.24, 2.45) is 7.05 Å². The molecule has 0 aliphatic rings. The average molecular weight is 363 g/mol. The van der Waals surface area contributed by atoms with Crippen molar-refractivity contribution in [3.8, 4) is 5.69 Å². The van der Waals surface area contributed by atoms with Crippen molar-refractivity contribution in [3.63, 3.8) is 0 Å². The van der Waals surface area contributed by atoms with E-state index in [2.05, 4.69) is 37.9 Å². The summed E-state index contributed by atoms with van der Waals surface area (Å²) in [5.41, 5.74) is 2.16. The third-order valence-corrected chi connectivity index (χ3v) is 5.01. The highest BCUT2D eigenvalue weighted by molar-refractivity contribution is 7.98. The highest BCUT2D eigenvalue weighted by Crippen LogP contribution is 2.21. The molecule has 0 amide bonds. The van der Waals surface area contributed by atoms with Gasteiger partial charge in [-0.2, -0.15) is 4.68 Å². The van der Waals surface area contributed by atoms with Gasteiger partial charge in [-0.3, -0.25) is 0 Å². The van der Waals surface area contributed by atoms with Crippen LogP contribution in [0, 0.1) is 0 Å². The molecular weight excluding hydrogens is 346 g/mol. The number of rotatable bonds is 6. The van der Waals surface area contributed by atoms with Crippen LogP contribution in [-0.4, -0.2) is 35.0 Å². The summed E-state index contributed by atoms with van der Waals surface area (Å²) in [6.45, 7) is 0. The number of hydrogen-bond donors (Lipinski definition) is 0. The van der Waals surface area contributed by atoms with E-state index in [1.807, 2.05) is 60.1 Å². The van der Waals surface area contributed by atoms with Gasteiger partial charge < -0.3 is 4.57 Å². The summed E-state index contributed by atoms with van der Waals surface area (Å²) in [6.07, 6.45) is 0.757. The summed E-state index contributed by atoms with van der Waals surface area (Å²) in [4.78, 5) is 0. The molecule has 0 spiro atoms. The Morgan fingerprint density at radius 2 is 1.58 bits per heavy atom. The molecule has 2 heterocycles. The van der Waals surface area contributed by atoms with E-state index in [1.54, 1.807) is 16.4 Å². The maximum Gasteiger partial charge on any atom is 0.191 e. The lowest BCUT2D eigenvalue weighted by Gasteiger charge is -2.05. The van der Waals surface area contributed by atoms with E-state index in [0.29, 0.717) is 5.75 Å². The van der Waals surface area contributed by atoms with Crippen LogP contribution in [0.4, 0.5) is 0 Å². The molecule has 0 aliphatic carbocycles. The van der Waals surface area contributed by atoms with Gasteiger partial charge in [0.15, 0.2) is 11.0 Å². The average Bonchev–Trinajstić information content (AvgIpc) is 3.29. The van der Waals surface area contributed by atoms with Gasteiger partial charge in [-0.05, 0) is 28.1 Å². The first kappa shape index (κ1) is 16.5. The number of nitrogens with zero attached hydrogens (tertiary/aromatic N) is 7. The van der Waals surface area contributed by atoms with Crippen LogP contribution in [0.2, 0.25) is 0 Å². The topological polar surface area (TPSA) is 74.3 Å². The van der Waals surface area contributed by atoms with Crippen molar-refractivity contribution >= 4 is 11.8 Å². The molecule has 4 aromatic rings. The lowest BCUT2D eigenvalue weighted by Crippen LogP contribution is -2.03. The van der Waals surface area contributed by atoms with Crippen molar-refractivity contribution in [3.05, 3.63) is 77.9 Å². The van der Waals surface area contributed by atoms with Gasteiger partial charge >= 0.3 is 0 Å². The first-order valence-electron chi connectivity index (χ1n) is 8.19. The Labute approximate surface area is 155 Å². The molecule has 0 radical (unpaired) electrons. The van der Waals surface area contributed by atoms with Gasteiger partial charge in [0.1, 0.15) is 5.82 Å². The van der Waals surface area contributed by atoms with Crippen LogP contribution in [0.25, 0.3) is 5.69 Å². The van der Waals surface area contributed by atoms with E-state index in [1.165, 1.54) is 5.56 Å². The summed E-state index contributed by atoms with van der Waals surface area (Å²) in [5.74, 6) is 2.31. The van der Waals surface area contributed by atoms with Crippen molar-refractivity contribution in [2.45, 2.75) is 17.3 Å². The van der Waals surface area contributed by atoms with Crippen LogP contribution < -0.4 is 0 Å². The lowest BCUT2D eigenvalue weighted by molar-refractivity contribution is 0.747. The molecule has 0 aliphatic heterocycles. The standard InChI is InChI=1S/C18H17N7S/c1-24-16(12-14-8-4-2-5-9-14)19-21-18(24)26-13-17-20-22-23-25(17)15-10-6-3-7-11-15/h2-11H,12-13H2,1H3. The molecular formula is C18H17N7S. The number of tetrazole rings is 1. The first-order valence-corrected chi connectivity index (χ1v) is 9.17. The minimum absolute atomic E-state index is 0.610. The number of aromatic nitrogens is 7. The van der Waals surface area contributed by atoms with Gasteiger partial charge in [0.25, 0.3) is 0 Å². The van der Waals surface area contributed by atoms with E-state index in [-0.39, 0.29) is 0 Å². The van der Waals surface area contributed by atoms with Gasteiger partial charge in [0, 0.05) is 13.5 Å². The number of hydrogen-bond acceptors (Lipinski definition) is 6. The quantitative estimate of drug-likeness (QED) is 0.490. The Morgan fingerprint density at radius 3 is 2.35 bits per heavy atom. The van der Waals surface area contributed by atoms with Gasteiger partial charge in [-0.15, -0.1) is 15.3 Å². The molecule has 0 unspecified atom stereocenters. The number of para-hydroxylation sites is 1. The van der Waals surface area contributed by atoms with Crippen LogP contribution in [0.15, 0.2) is 65.8 Å². The summed E-state index contributed by atoms with van der Waals surface area (Å²) in [7, 11) is 1.99. The third kappa shape index (κ3) is 3.50. The monoisotopic (exact) mass is 363 g/mol. The van der Waals surface area contributed by atoms with E-state index >= 15 is 0 Å². The Balaban J connectivity index is 1.47. The highest BCUT2D eigenvalue weighted by atomic mass is 32.2. The SMILES string of the molecule is Cn1c(Cc2ccccc2)nnc1SCc1nnnn1-c1ccccc1. The molecule has 0 saturated heterocycles. The summed E-state index contributed by atoms with van der Waals surface area (Å²) >= 11 is 1.57. The smallest absolute Gasteiger partial charge is 0.191 e. The highest BCUT2D eigenvalue weighted by Gasteiger charge is 2.13. The molecule has 7 nitrogen and oxygen atoms in total. The predicted molar refractivity (Wildman–Crippen MR) is 99.0 cm³/mol. The molecule has 26 heavy (non-hydrogen) atoms. The fourth-order valence-corrected chi connectivity index (χ4v) is 3.43. The van der Waals surface area contributed by atoms with Gasteiger partial charge in [-0.1, -0.05) is 60.3 Å². The Morgan fingerprint density at radius 1 is 0.846 bits per heavy atom. The van der Waals surface area contributed by atoms with Crippen LogP contribution >= 0.6 is 11.8 Å². The molecule has 0 saturated carbocycles. The molecule has 0 bridgehead atoms. The molecule has 0 atom stereocenters. The van der Waals surface area contributed by atoms with Crippen LogP contribution in [0.1, 0.15) is 17.2 Å². The Kier molecular flexibility index (Phi) is 4.74. The molecule has 0 N–H and O–H groups in total. The van der Waals surface area contributed by atoms with E-state index in [0.717, 1.165) is 28.9 Å². The van der Waals surface area contributed by atoms with Crippen molar-refractivity contribution in [1.29, 1.82) is 0 Å². The van der Waals surface area contributed by atoms with E-state index in [9.17, 15) is 0 Å². The Bertz CT molecular complexity index is 979. The fourth-order valence-electron chi connectivity index (χ4n) is 2.60. The molecule has 2 aromatic carbocycles. The maximum atomic E-state index is 4.33. The first-order chi connectivity index (χ1) is 12.8. The second kappa shape index (κ2) is 7.49. The zero-order chi connectivity index (χ0) is 17.8. The second-order valence-corrected chi connectivity index (χ2v) is 6.69. The van der Waals surface area contributed by atoms with Crippen LogP contribution in [-0.2, 0) is 19.2 Å². The minimum Gasteiger partial charge on any atom is -0.309 e. The van der Waals surface area contributed by atoms with Crippen molar-refractivity contribution in [1.82, 2.24) is 35.0 Å². The summed E-state index contributed by atoms with van der Waals surface area (Å²) < 4.78 is 3.77. The summed E-state index contributed by atoms with van der Waals surface area (Å²) in [5, 5.41) is 21.5. The van der Waals surface area contributed by atoms with Crippen LogP contribution in [0.5, 0.6) is 0 Å². The van der Waals surface area contributed by atoms with Crippen molar-refractivity contribution in [2.75, 3.05) is 0 Å². The number of benzene rings is 2. The largest absolute Gasteiger partial charge is 0.309 e. The second-order valence-electron chi connectivity index (χ2n) is 5.75. The maximum absolute atomic E-state index is 4.33. The van der Waals surface area contributed by atoms with Gasteiger partial charge in [0.2, 0.25) is 0 Å². The lowest BCUT2D eigenvalue weighted by atomic mass is 10.1. The number of thioether (sulfide) groups is 1. The minimum atomic E-state index is 0.610. The zero-order valence-corrected chi connectivity index (χ0v) is 15.0. The van der Waals surface area contributed by atoms with E-state index in [4.69, 9.17) is 0 Å². The zero-order valence-electron chi connectivity index (χ0n) is 14.2. The van der Waals surface area contributed by atoms with Crippen molar-refractivity contribution < 1.29 is 0 Å². The normalized spacial score (nSPS) is 11.0. The third-order valence-electron chi connectivity index (χ3n) is 4.00. The molecule has 4 rings (SSSR count).